The molecule has 0 aliphatic rings. The molecule has 1 aromatic heterocycles. The molecule has 0 fully saturated rings. The second kappa shape index (κ2) is 5.09. The minimum absolute atomic E-state index is 0.353. The van der Waals surface area contributed by atoms with Gasteiger partial charge in [-0.1, -0.05) is 22.0 Å². The van der Waals surface area contributed by atoms with Crippen LogP contribution in [-0.4, -0.2) is 22.6 Å². The number of nitrogens with zero attached hydrogens (tertiary/aromatic N) is 2. The quantitative estimate of drug-likeness (QED) is 0.674. The van der Waals surface area contributed by atoms with Gasteiger partial charge in [-0.25, -0.2) is 9.78 Å². The van der Waals surface area contributed by atoms with Crippen molar-refractivity contribution in [3.8, 4) is 5.69 Å². The molecule has 2 aromatic carbocycles. The van der Waals surface area contributed by atoms with Crippen LogP contribution in [0.25, 0.3) is 16.7 Å². The van der Waals surface area contributed by atoms with E-state index < -0.39 is 0 Å². The number of aromatic nitrogens is 2. The van der Waals surface area contributed by atoms with Gasteiger partial charge in [-0.2, -0.15) is 0 Å². The topological polar surface area (TPSA) is 44.1 Å². The molecule has 3 aromatic rings. The van der Waals surface area contributed by atoms with Crippen LogP contribution in [0.1, 0.15) is 10.4 Å². The fourth-order valence-electron chi connectivity index (χ4n) is 2.08. The number of hydrogen-bond acceptors (Lipinski definition) is 3. The molecule has 0 aliphatic carbocycles. The molecule has 0 aliphatic heterocycles. The number of carbonyl (C=O) groups excluding carboxylic acids is 1. The van der Waals surface area contributed by atoms with Crippen LogP contribution in [0.5, 0.6) is 0 Å². The molecule has 0 N–H and O–H groups in total. The van der Waals surface area contributed by atoms with Gasteiger partial charge >= 0.3 is 5.97 Å². The molecule has 20 heavy (non-hydrogen) atoms. The van der Waals surface area contributed by atoms with Crippen molar-refractivity contribution in [3.05, 3.63) is 58.8 Å². The molecule has 3 rings (SSSR count). The number of hydrogen-bond donors (Lipinski definition) is 0. The van der Waals surface area contributed by atoms with Crippen molar-refractivity contribution in [2.45, 2.75) is 0 Å². The van der Waals surface area contributed by atoms with Crippen LogP contribution in [0.3, 0.4) is 0 Å². The Hall–Kier alpha value is -2.14. The smallest absolute Gasteiger partial charge is 0.337 e. The summed E-state index contributed by atoms with van der Waals surface area (Å²) in [6, 6.07) is 13.2. The summed E-state index contributed by atoms with van der Waals surface area (Å²) in [4.78, 5) is 16.0. The first-order chi connectivity index (χ1) is 9.69. The Kier molecular flexibility index (Phi) is 3.28. The van der Waals surface area contributed by atoms with Gasteiger partial charge in [0.05, 0.1) is 23.7 Å². The molecule has 100 valence electrons. The normalized spacial score (nSPS) is 10.7. The van der Waals surface area contributed by atoms with Crippen LogP contribution in [0.2, 0.25) is 0 Å². The summed E-state index contributed by atoms with van der Waals surface area (Å²) >= 11 is 3.45. The predicted octanol–water partition coefficient (Wildman–Crippen LogP) is 3.57. The monoisotopic (exact) mass is 330 g/mol. The van der Waals surface area contributed by atoms with E-state index in [-0.39, 0.29) is 5.97 Å². The van der Waals surface area contributed by atoms with E-state index in [4.69, 9.17) is 4.74 Å². The highest BCUT2D eigenvalue weighted by atomic mass is 79.9. The average molecular weight is 331 g/mol. The Morgan fingerprint density at radius 3 is 2.85 bits per heavy atom. The van der Waals surface area contributed by atoms with Crippen molar-refractivity contribution < 1.29 is 9.53 Å². The highest BCUT2D eigenvalue weighted by molar-refractivity contribution is 9.10. The van der Waals surface area contributed by atoms with Crippen LogP contribution in [0.4, 0.5) is 0 Å². The molecular weight excluding hydrogens is 320 g/mol. The third-order valence-corrected chi connectivity index (χ3v) is 3.55. The zero-order chi connectivity index (χ0) is 14.1. The van der Waals surface area contributed by atoms with Gasteiger partial charge < -0.3 is 4.74 Å². The Morgan fingerprint density at radius 1 is 1.25 bits per heavy atom. The standard InChI is InChI=1S/C15H11BrN2O2/c1-20-15(19)10-5-6-13-14(7-10)18(9-17-13)12-4-2-3-11(16)8-12/h2-9H,1H3. The Balaban J connectivity index is 2.19. The van der Waals surface area contributed by atoms with Crippen LogP contribution >= 0.6 is 15.9 Å². The van der Waals surface area contributed by atoms with Gasteiger partial charge in [-0.15, -0.1) is 0 Å². The Morgan fingerprint density at radius 2 is 2.10 bits per heavy atom. The maximum atomic E-state index is 11.6. The first-order valence-electron chi connectivity index (χ1n) is 6.00. The molecule has 0 saturated heterocycles. The summed E-state index contributed by atoms with van der Waals surface area (Å²) in [6.45, 7) is 0. The number of ether oxygens (including phenoxy) is 1. The third-order valence-electron chi connectivity index (χ3n) is 3.05. The fraction of sp³-hybridized carbons (Fsp3) is 0.0667. The van der Waals surface area contributed by atoms with Crippen LogP contribution in [-0.2, 0) is 4.74 Å². The number of benzene rings is 2. The lowest BCUT2D eigenvalue weighted by Gasteiger charge is -2.05. The number of carbonyl (C=O) groups is 1. The lowest BCUT2D eigenvalue weighted by atomic mass is 10.2. The molecule has 4 nitrogen and oxygen atoms in total. The van der Waals surface area contributed by atoms with E-state index in [0.717, 1.165) is 21.2 Å². The van der Waals surface area contributed by atoms with Gasteiger partial charge in [0.15, 0.2) is 0 Å². The van der Waals surface area contributed by atoms with Crippen molar-refractivity contribution in [1.29, 1.82) is 0 Å². The van der Waals surface area contributed by atoms with Crippen molar-refractivity contribution in [3.63, 3.8) is 0 Å². The maximum absolute atomic E-state index is 11.6. The molecule has 0 radical (unpaired) electrons. The van der Waals surface area contributed by atoms with Gasteiger partial charge in [0.2, 0.25) is 0 Å². The van der Waals surface area contributed by atoms with Crippen LogP contribution in [0.15, 0.2) is 53.3 Å². The molecule has 0 atom stereocenters. The van der Waals surface area contributed by atoms with Crippen LogP contribution in [0, 0.1) is 0 Å². The van der Waals surface area contributed by atoms with E-state index in [0.29, 0.717) is 5.56 Å². The van der Waals surface area contributed by atoms with Crippen molar-refractivity contribution in [2.75, 3.05) is 7.11 Å². The number of halogens is 1. The number of imidazole rings is 1. The zero-order valence-electron chi connectivity index (χ0n) is 10.7. The summed E-state index contributed by atoms with van der Waals surface area (Å²) in [5, 5.41) is 0. The first-order valence-corrected chi connectivity index (χ1v) is 6.80. The Bertz CT molecular complexity index is 795. The highest BCUT2D eigenvalue weighted by Crippen LogP contribution is 2.22. The largest absolute Gasteiger partial charge is 0.465 e. The van der Waals surface area contributed by atoms with Crippen molar-refractivity contribution in [2.24, 2.45) is 0 Å². The van der Waals surface area contributed by atoms with E-state index in [2.05, 4.69) is 20.9 Å². The molecule has 0 saturated carbocycles. The first kappa shape index (κ1) is 12.9. The van der Waals surface area contributed by atoms with Crippen molar-refractivity contribution in [1.82, 2.24) is 9.55 Å². The van der Waals surface area contributed by atoms with E-state index in [1.54, 1.807) is 18.5 Å². The second-order valence-electron chi connectivity index (χ2n) is 4.29. The fourth-order valence-corrected chi connectivity index (χ4v) is 2.47. The van der Waals surface area contributed by atoms with Crippen molar-refractivity contribution >= 4 is 32.9 Å². The summed E-state index contributed by atoms with van der Waals surface area (Å²) < 4.78 is 7.67. The number of esters is 1. The number of fused-ring (bicyclic) bond motifs is 1. The van der Waals surface area contributed by atoms with E-state index in [1.165, 1.54) is 7.11 Å². The molecule has 5 heteroatoms. The zero-order valence-corrected chi connectivity index (χ0v) is 12.3. The van der Waals surface area contributed by atoms with E-state index >= 15 is 0 Å². The minimum Gasteiger partial charge on any atom is -0.465 e. The number of methoxy groups -OCH3 is 1. The highest BCUT2D eigenvalue weighted by Gasteiger charge is 2.10. The Labute approximate surface area is 124 Å². The molecule has 1 heterocycles. The average Bonchev–Trinajstić information content (AvgIpc) is 2.89. The maximum Gasteiger partial charge on any atom is 0.337 e. The van der Waals surface area contributed by atoms with Gasteiger partial charge in [-0.05, 0) is 36.4 Å². The summed E-state index contributed by atoms with van der Waals surface area (Å²) in [5.74, 6) is -0.353. The summed E-state index contributed by atoms with van der Waals surface area (Å²) in [6.07, 6.45) is 1.74. The van der Waals surface area contributed by atoms with Gasteiger partial charge in [-0.3, -0.25) is 4.57 Å². The lowest BCUT2D eigenvalue weighted by molar-refractivity contribution is 0.0601. The third kappa shape index (κ3) is 2.20. The van der Waals surface area contributed by atoms with E-state index in [9.17, 15) is 4.79 Å². The molecule has 0 unspecified atom stereocenters. The van der Waals surface area contributed by atoms with Crippen LogP contribution < -0.4 is 0 Å². The molecule has 0 bridgehead atoms. The predicted molar refractivity (Wildman–Crippen MR) is 80.1 cm³/mol. The van der Waals surface area contributed by atoms with Gasteiger partial charge in [0, 0.05) is 10.2 Å². The molecule has 0 spiro atoms. The van der Waals surface area contributed by atoms with Gasteiger partial charge in [0.25, 0.3) is 0 Å². The van der Waals surface area contributed by atoms with E-state index in [1.807, 2.05) is 34.9 Å². The minimum atomic E-state index is -0.353. The van der Waals surface area contributed by atoms with Gasteiger partial charge in [0.1, 0.15) is 6.33 Å². The molecular formula is C15H11BrN2O2. The second-order valence-corrected chi connectivity index (χ2v) is 5.21. The lowest BCUT2D eigenvalue weighted by Crippen LogP contribution is -2.01. The summed E-state index contributed by atoms with van der Waals surface area (Å²) in [7, 11) is 1.37. The SMILES string of the molecule is COC(=O)c1ccc2ncn(-c3cccc(Br)c3)c2c1. The number of rotatable bonds is 2. The summed E-state index contributed by atoms with van der Waals surface area (Å²) in [5.41, 5.74) is 3.18. The molecule has 0 amide bonds.